The molecule has 5 aromatic rings. The second-order valence-corrected chi connectivity index (χ2v) is 8.84. The zero-order valence-corrected chi connectivity index (χ0v) is 20.7. The van der Waals surface area contributed by atoms with Gasteiger partial charge in [-0.25, -0.2) is 14.3 Å². The van der Waals surface area contributed by atoms with E-state index in [1.165, 1.54) is 4.90 Å². The maximum Gasteiger partial charge on any atom is 0.166 e. The molecule has 176 valence electrons. The van der Waals surface area contributed by atoms with E-state index >= 15 is 0 Å². The first-order valence-corrected chi connectivity index (χ1v) is 12.6. The predicted octanol–water partition coefficient (Wildman–Crippen LogP) is 5.40. The molecule has 35 heavy (non-hydrogen) atoms. The van der Waals surface area contributed by atoms with Crippen LogP contribution in [0.15, 0.2) is 84.1 Å². The molecule has 5 rings (SSSR count). The summed E-state index contributed by atoms with van der Waals surface area (Å²) in [7, 11) is 1.67. The van der Waals surface area contributed by atoms with E-state index in [9.17, 15) is 0 Å². The molecule has 0 fully saturated rings. The van der Waals surface area contributed by atoms with E-state index in [4.69, 9.17) is 19.9 Å². The van der Waals surface area contributed by atoms with E-state index in [1.54, 1.807) is 31.3 Å². The van der Waals surface area contributed by atoms with Crippen molar-refractivity contribution >= 4 is 11.8 Å². The van der Waals surface area contributed by atoms with Crippen molar-refractivity contribution in [3.8, 4) is 28.5 Å². The summed E-state index contributed by atoms with van der Waals surface area (Å²) in [5, 5.41) is 9.64. The van der Waals surface area contributed by atoms with Gasteiger partial charge in [-0.15, -0.1) is 11.8 Å². The van der Waals surface area contributed by atoms with Crippen molar-refractivity contribution < 1.29 is 4.74 Å². The van der Waals surface area contributed by atoms with Crippen LogP contribution in [0.3, 0.4) is 0 Å². The van der Waals surface area contributed by atoms with Crippen LogP contribution in [0, 0.1) is 0 Å². The summed E-state index contributed by atoms with van der Waals surface area (Å²) in [4.78, 5) is 10.3. The zero-order valence-electron chi connectivity index (χ0n) is 19.9. The molecule has 7 nitrogen and oxygen atoms in total. The lowest BCUT2D eigenvalue weighted by Crippen LogP contribution is -2.04. The van der Waals surface area contributed by atoms with Crippen LogP contribution in [0.4, 0.5) is 0 Å². The molecule has 0 spiro atoms. The Morgan fingerprint density at radius 1 is 0.886 bits per heavy atom. The summed E-state index contributed by atoms with van der Waals surface area (Å²) in [6.07, 6.45) is 8.96. The largest absolute Gasteiger partial charge is 0.497 e. The third-order valence-corrected chi connectivity index (χ3v) is 6.58. The van der Waals surface area contributed by atoms with Gasteiger partial charge < -0.3 is 4.74 Å². The number of rotatable bonds is 8. The molecule has 2 aromatic carbocycles. The Morgan fingerprint density at radius 2 is 1.57 bits per heavy atom. The van der Waals surface area contributed by atoms with Crippen LogP contribution in [0.2, 0.25) is 0 Å². The van der Waals surface area contributed by atoms with Crippen molar-refractivity contribution in [3.63, 3.8) is 0 Å². The molecule has 0 saturated heterocycles. The molecular weight excluding hydrogens is 456 g/mol. The number of thioether (sulfide) groups is 1. The van der Waals surface area contributed by atoms with Gasteiger partial charge in [-0.3, -0.25) is 4.98 Å². The highest BCUT2D eigenvalue weighted by molar-refractivity contribution is 7.98. The molecule has 0 amide bonds. The van der Waals surface area contributed by atoms with Gasteiger partial charge in [0.1, 0.15) is 5.75 Å². The van der Waals surface area contributed by atoms with Gasteiger partial charge in [0.25, 0.3) is 0 Å². The topological polar surface area (TPSA) is 70.7 Å². The van der Waals surface area contributed by atoms with Crippen molar-refractivity contribution in [2.75, 3.05) is 13.4 Å². The summed E-state index contributed by atoms with van der Waals surface area (Å²) >= 11 is 1.72. The first-order chi connectivity index (χ1) is 17.2. The van der Waals surface area contributed by atoms with Gasteiger partial charge in [0.15, 0.2) is 11.6 Å². The lowest BCUT2D eigenvalue weighted by Gasteiger charge is -2.10. The van der Waals surface area contributed by atoms with E-state index in [2.05, 4.69) is 42.4 Å². The Morgan fingerprint density at radius 3 is 2.23 bits per heavy atom. The molecule has 0 aliphatic carbocycles. The quantitative estimate of drug-likeness (QED) is 0.276. The first-order valence-electron chi connectivity index (χ1n) is 11.4. The number of nitrogens with zero attached hydrogens (tertiary/aromatic N) is 6. The van der Waals surface area contributed by atoms with E-state index in [1.807, 2.05) is 52.0 Å². The molecule has 8 heteroatoms. The van der Waals surface area contributed by atoms with Crippen LogP contribution in [-0.4, -0.2) is 42.9 Å². The highest BCUT2D eigenvalue weighted by Crippen LogP contribution is 2.29. The van der Waals surface area contributed by atoms with Crippen LogP contribution < -0.4 is 4.74 Å². The van der Waals surface area contributed by atoms with Gasteiger partial charge in [0.05, 0.1) is 35.9 Å². The number of benzene rings is 2. The number of hydrogen-bond acceptors (Lipinski definition) is 6. The normalized spacial score (nSPS) is 11.1. The number of ether oxygens (including phenoxy) is 1. The van der Waals surface area contributed by atoms with E-state index in [0.29, 0.717) is 6.42 Å². The Labute approximate surface area is 208 Å². The SMILES string of the molecule is CCc1c(-c2nc(Cc3ccncc3)nn2-c2ccc(SC)cc2)cnn1-c1ccc(OC)cc1. The summed E-state index contributed by atoms with van der Waals surface area (Å²) in [5.41, 5.74) is 5.09. The highest BCUT2D eigenvalue weighted by atomic mass is 32.2. The first kappa shape index (κ1) is 22.9. The minimum atomic E-state index is 0.624. The monoisotopic (exact) mass is 482 g/mol. The van der Waals surface area contributed by atoms with E-state index < -0.39 is 0 Å². The molecule has 0 aliphatic rings. The smallest absolute Gasteiger partial charge is 0.166 e. The maximum absolute atomic E-state index is 5.31. The molecule has 0 radical (unpaired) electrons. The van der Waals surface area contributed by atoms with E-state index in [0.717, 1.165) is 52.0 Å². The Hall–Kier alpha value is -3.91. The average Bonchev–Trinajstić information content (AvgIpc) is 3.53. The molecule has 3 aromatic heterocycles. The zero-order chi connectivity index (χ0) is 24.2. The molecular formula is C27H26N6OS. The van der Waals surface area contributed by atoms with Crippen LogP contribution in [0.1, 0.15) is 24.0 Å². The standard InChI is InChI=1S/C27H26N6OS/c1-4-25-24(18-29-32(25)20-5-9-22(34-2)10-6-20)27-30-26(17-19-13-15-28-16-14-19)31-33(27)21-7-11-23(35-3)12-8-21/h5-16,18H,4,17H2,1-3H3. The molecule has 0 bridgehead atoms. The molecule has 0 N–H and O–H groups in total. The Bertz CT molecular complexity index is 1410. The number of methoxy groups -OCH3 is 1. The van der Waals surface area contributed by atoms with E-state index in [-0.39, 0.29) is 0 Å². The number of hydrogen-bond donors (Lipinski definition) is 0. The minimum Gasteiger partial charge on any atom is -0.497 e. The summed E-state index contributed by atoms with van der Waals surface area (Å²) in [6, 6.07) is 20.3. The third kappa shape index (κ3) is 4.70. The fourth-order valence-corrected chi connectivity index (χ4v) is 4.45. The molecule has 0 aliphatic heterocycles. The lowest BCUT2D eigenvalue weighted by molar-refractivity contribution is 0.414. The van der Waals surface area contributed by atoms with Crippen molar-refractivity contribution in [3.05, 3.63) is 96.3 Å². The average molecular weight is 483 g/mol. The number of aromatic nitrogens is 6. The lowest BCUT2D eigenvalue weighted by atomic mass is 10.1. The van der Waals surface area contributed by atoms with Crippen LogP contribution >= 0.6 is 11.8 Å². The van der Waals surface area contributed by atoms with Crippen LogP contribution in [-0.2, 0) is 12.8 Å². The molecule has 0 atom stereocenters. The second kappa shape index (κ2) is 10.1. The van der Waals surface area contributed by atoms with Gasteiger partial charge in [0.2, 0.25) is 0 Å². The van der Waals surface area contributed by atoms with Crippen molar-refractivity contribution in [2.24, 2.45) is 0 Å². The summed E-state index contributed by atoms with van der Waals surface area (Å²) < 4.78 is 9.20. The van der Waals surface area contributed by atoms with Gasteiger partial charge in [-0.1, -0.05) is 6.92 Å². The van der Waals surface area contributed by atoms with Crippen molar-refractivity contribution in [2.45, 2.75) is 24.7 Å². The third-order valence-electron chi connectivity index (χ3n) is 5.84. The van der Waals surface area contributed by atoms with Gasteiger partial charge in [0, 0.05) is 23.7 Å². The Kier molecular flexibility index (Phi) is 6.63. The molecule has 0 saturated carbocycles. The predicted molar refractivity (Wildman–Crippen MR) is 139 cm³/mol. The van der Waals surface area contributed by atoms with Crippen LogP contribution in [0.25, 0.3) is 22.8 Å². The Balaban J connectivity index is 1.61. The molecule has 0 unspecified atom stereocenters. The second-order valence-electron chi connectivity index (χ2n) is 7.96. The molecule has 3 heterocycles. The van der Waals surface area contributed by atoms with Gasteiger partial charge in [-0.05, 0) is 78.9 Å². The fourth-order valence-electron chi connectivity index (χ4n) is 4.04. The minimum absolute atomic E-state index is 0.624. The van der Waals surface area contributed by atoms with Crippen LogP contribution in [0.5, 0.6) is 5.75 Å². The highest BCUT2D eigenvalue weighted by Gasteiger charge is 2.20. The summed E-state index contributed by atoms with van der Waals surface area (Å²) in [6.45, 7) is 2.13. The summed E-state index contributed by atoms with van der Waals surface area (Å²) in [5.74, 6) is 2.34. The van der Waals surface area contributed by atoms with Gasteiger partial charge >= 0.3 is 0 Å². The fraction of sp³-hybridized carbons (Fsp3) is 0.185. The number of pyridine rings is 1. The van der Waals surface area contributed by atoms with Gasteiger partial charge in [-0.2, -0.15) is 10.2 Å². The van der Waals surface area contributed by atoms with Crippen molar-refractivity contribution in [1.82, 2.24) is 29.5 Å². The maximum atomic E-state index is 5.31. The van der Waals surface area contributed by atoms with Crippen molar-refractivity contribution in [1.29, 1.82) is 0 Å².